The molecule has 32 heavy (non-hydrogen) atoms. The third-order valence-electron chi connectivity index (χ3n) is 5.83. The van der Waals surface area contributed by atoms with Crippen molar-refractivity contribution in [2.24, 2.45) is 0 Å². The van der Waals surface area contributed by atoms with Gasteiger partial charge in [-0.2, -0.15) is 4.68 Å². The number of likely N-dealkylation sites (N-methyl/N-ethyl adjacent to an activating group) is 1. The normalized spacial score (nSPS) is 17.2. The first-order valence-electron chi connectivity index (χ1n) is 10.5. The second kappa shape index (κ2) is 8.12. The average molecular weight is 436 g/mol. The van der Waals surface area contributed by atoms with Crippen molar-refractivity contribution in [2.75, 3.05) is 32.8 Å². The van der Waals surface area contributed by atoms with E-state index < -0.39 is 0 Å². The first-order valence-corrected chi connectivity index (χ1v) is 10.5. The van der Waals surface area contributed by atoms with E-state index in [0.29, 0.717) is 35.2 Å². The Hall–Kier alpha value is -3.66. The van der Waals surface area contributed by atoms with E-state index in [1.165, 1.54) is 0 Å². The Morgan fingerprint density at radius 3 is 3.00 bits per heavy atom. The second-order valence-corrected chi connectivity index (χ2v) is 7.75. The molecule has 0 saturated heterocycles. The molecule has 3 aromatic rings. The van der Waals surface area contributed by atoms with E-state index in [9.17, 15) is 4.79 Å². The highest BCUT2D eigenvalue weighted by Crippen LogP contribution is 2.50. The van der Waals surface area contributed by atoms with Crippen molar-refractivity contribution in [2.45, 2.75) is 25.8 Å². The number of fused-ring (bicyclic) bond motifs is 2. The van der Waals surface area contributed by atoms with Gasteiger partial charge in [0.1, 0.15) is 6.04 Å². The predicted octanol–water partition coefficient (Wildman–Crippen LogP) is 2.33. The summed E-state index contributed by atoms with van der Waals surface area (Å²) in [6.07, 6.45) is 1.25. The van der Waals surface area contributed by atoms with Gasteiger partial charge < -0.3 is 19.5 Å². The topological polar surface area (TPSA) is 104 Å². The number of benzene rings is 2. The standard InChI is InChI=1S/C22H24N6O4/c1-4-17(29)23-14-6-5-7-15(11-14)28-22(24-25-26-28)19-18-13(8-9-27(19)2)10-16-20(21(18)30-3)32-12-31-16/h5-7,10-11,19H,4,8-9,12H2,1-3H3,(H,23,29)/t19-/m0/s1. The smallest absolute Gasteiger partial charge is 0.231 e. The summed E-state index contributed by atoms with van der Waals surface area (Å²) in [5.41, 5.74) is 3.53. The number of nitrogens with zero attached hydrogens (tertiary/aromatic N) is 5. The maximum Gasteiger partial charge on any atom is 0.231 e. The number of aromatic nitrogens is 4. The SMILES string of the molecule is CCC(=O)Nc1cccc(-n2nnnc2[C@@H]2c3c(cc4c(c3OC)OCO4)CCN2C)c1. The first kappa shape index (κ1) is 20.3. The molecule has 1 N–H and O–H groups in total. The molecule has 0 radical (unpaired) electrons. The van der Waals surface area contributed by atoms with Crippen molar-refractivity contribution in [3.05, 3.63) is 47.3 Å². The number of tetrazole rings is 1. The molecule has 2 aliphatic heterocycles. The van der Waals surface area contributed by atoms with Gasteiger partial charge >= 0.3 is 0 Å². The Morgan fingerprint density at radius 2 is 2.19 bits per heavy atom. The Kier molecular flexibility index (Phi) is 5.14. The number of carbonyl (C=O) groups is 1. The van der Waals surface area contributed by atoms with Gasteiger partial charge in [-0.1, -0.05) is 13.0 Å². The largest absolute Gasteiger partial charge is 0.492 e. The molecule has 3 heterocycles. The van der Waals surface area contributed by atoms with E-state index in [1.807, 2.05) is 44.3 Å². The van der Waals surface area contributed by atoms with Crippen molar-refractivity contribution in [3.8, 4) is 22.9 Å². The third-order valence-corrected chi connectivity index (χ3v) is 5.83. The summed E-state index contributed by atoms with van der Waals surface area (Å²) < 4.78 is 18.8. The zero-order valence-corrected chi connectivity index (χ0v) is 18.2. The molecular formula is C22H24N6O4. The van der Waals surface area contributed by atoms with Crippen LogP contribution in [0.1, 0.15) is 36.3 Å². The van der Waals surface area contributed by atoms with E-state index in [1.54, 1.807) is 11.8 Å². The van der Waals surface area contributed by atoms with Gasteiger partial charge in [-0.25, -0.2) is 0 Å². The summed E-state index contributed by atoms with van der Waals surface area (Å²) in [7, 11) is 3.67. The number of hydrogen-bond acceptors (Lipinski definition) is 8. The molecule has 166 valence electrons. The molecule has 0 saturated carbocycles. The van der Waals surface area contributed by atoms with Crippen LogP contribution in [0, 0.1) is 0 Å². The van der Waals surface area contributed by atoms with Gasteiger partial charge in [-0.3, -0.25) is 9.69 Å². The summed E-state index contributed by atoms with van der Waals surface area (Å²) in [6, 6.07) is 9.23. The van der Waals surface area contributed by atoms with Crippen LogP contribution < -0.4 is 19.5 Å². The fraction of sp³-hybridized carbons (Fsp3) is 0.364. The molecule has 1 atom stereocenters. The van der Waals surface area contributed by atoms with Crippen molar-refractivity contribution < 1.29 is 19.0 Å². The van der Waals surface area contributed by atoms with Gasteiger partial charge in [0, 0.05) is 24.2 Å². The lowest BCUT2D eigenvalue weighted by molar-refractivity contribution is -0.115. The molecule has 0 fully saturated rings. The van der Waals surface area contributed by atoms with Crippen LogP contribution in [-0.2, 0) is 11.2 Å². The van der Waals surface area contributed by atoms with Crippen LogP contribution in [0.25, 0.3) is 5.69 Å². The van der Waals surface area contributed by atoms with E-state index in [-0.39, 0.29) is 18.7 Å². The summed E-state index contributed by atoms with van der Waals surface area (Å²) in [5, 5.41) is 15.5. The summed E-state index contributed by atoms with van der Waals surface area (Å²) in [4.78, 5) is 14.0. The molecule has 0 aliphatic carbocycles. The van der Waals surface area contributed by atoms with Crippen LogP contribution in [0.15, 0.2) is 30.3 Å². The Morgan fingerprint density at radius 1 is 1.31 bits per heavy atom. The van der Waals surface area contributed by atoms with Crippen LogP contribution >= 0.6 is 0 Å². The zero-order chi connectivity index (χ0) is 22.2. The number of ether oxygens (including phenoxy) is 3. The monoisotopic (exact) mass is 436 g/mol. The number of amides is 1. The molecule has 1 aromatic heterocycles. The number of nitrogens with one attached hydrogen (secondary N) is 1. The minimum absolute atomic E-state index is 0.0548. The summed E-state index contributed by atoms with van der Waals surface area (Å²) >= 11 is 0. The highest BCUT2D eigenvalue weighted by molar-refractivity contribution is 5.90. The lowest BCUT2D eigenvalue weighted by atomic mass is 9.90. The number of carbonyl (C=O) groups excluding carboxylic acids is 1. The fourth-order valence-corrected chi connectivity index (χ4v) is 4.27. The Balaban J connectivity index is 1.61. The van der Waals surface area contributed by atoms with Gasteiger partial charge in [-0.15, -0.1) is 5.10 Å². The number of methoxy groups -OCH3 is 1. The molecule has 2 aromatic carbocycles. The van der Waals surface area contributed by atoms with Crippen LogP contribution in [0.4, 0.5) is 5.69 Å². The summed E-state index contributed by atoms with van der Waals surface area (Å²) in [5.74, 6) is 2.54. The lowest BCUT2D eigenvalue weighted by Crippen LogP contribution is -2.35. The van der Waals surface area contributed by atoms with E-state index in [4.69, 9.17) is 14.2 Å². The van der Waals surface area contributed by atoms with Crippen LogP contribution in [0.2, 0.25) is 0 Å². The maximum absolute atomic E-state index is 11.8. The predicted molar refractivity (Wildman–Crippen MR) is 115 cm³/mol. The van der Waals surface area contributed by atoms with Crippen molar-refractivity contribution in [1.29, 1.82) is 0 Å². The highest BCUT2D eigenvalue weighted by Gasteiger charge is 2.37. The van der Waals surface area contributed by atoms with Crippen LogP contribution in [0.5, 0.6) is 17.2 Å². The molecule has 2 aliphatic rings. The van der Waals surface area contributed by atoms with Gasteiger partial charge in [0.15, 0.2) is 17.3 Å². The molecule has 0 unspecified atom stereocenters. The minimum Gasteiger partial charge on any atom is -0.492 e. The molecule has 10 nitrogen and oxygen atoms in total. The minimum atomic E-state index is -0.257. The van der Waals surface area contributed by atoms with Crippen molar-refractivity contribution in [3.63, 3.8) is 0 Å². The van der Waals surface area contributed by atoms with Crippen LogP contribution in [-0.4, -0.2) is 58.5 Å². The van der Waals surface area contributed by atoms with Crippen molar-refractivity contribution >= 4 is 11.6 Å². The number of hydrogen-bond donors (Lipinski definition) is 1. The fourth-order valence-electron chi connectivity index (χ4n) is 4.27. The second-order valence-electron chi connectivity index (χ2n) is 7.75. The van der Waals surface area contributed by atoms with Gasteiger partial charge in [0.25, 0.3) is 0 Å². The molecular weight excluding hydrogens is 412 g/mol. The van der Waals surface area contributed by atoms with E-state index in [2.05, 4.69) is 25.7 Å². The third kappa shape index (κ3) is 3.32. The van der Waals surface area contributed by atoms with Crippen molar-refractivity contribution in [1.82, 2.24) is 25.1 Å². The number of anilines is 1. The average Bonchev–Trinajstić information content (AvgIpc) is 3.47. The molecule has 0 bridgehead atoms. The molecule has 1 amide bonds. The molecule has 0 spiro atoms. The Labute approximate surface area is 185 Å². The zero-order valence-electron chi connectivity index (χ0n) is 18.2. The van der Waals surface area contributed by atoms with E-state index in [0.717, 1.165) is 29.8 Å². The number of rotatable bonds is 5. The molecule has 10 heteroatoms. The van der Waals surface area contributed by atoms with E-state index >= 15 is 0 Å². The van der Waals surface area contributed by atoms with Gasteiger partial charge in [0.05, 0.1) is 12.8 Å². The quantitative estimate of drug-likeness (QED) is 0.650. The van der Waals surface area contributed by atoms with Crippen LogP contribution in [0.3, 0.4) is 0 Å². The summed E-state index contributed by atoms with van der Waals surface area (Å²) in [6.45, 7) is 2.80. The maximum atomic E-state index is 11.8. The highest BCUT2D eigenvalue weighted by atomic mass is 16.7. The first-order chi connectivity index (χ1) is 15.6. The van der Waals surface area contributed by atoms with Gasteiger partial charge in [0.2, 0.25) is 18.4 Å². The lowest BCUT2D eigenvalue weighted by Gasteiger charge is -2.34. The Bertz CT molecular complexity index is 1180. The molecule has 5 rings (SSSR count). The van der Waals surface area contributed by atoms with Gasteiger partial charge in [-0.05, 0) is 53.7 Å².